The third-order valence-electron chi connectivity index (χ3n) is 9.10. The highest BCUT2D eigenvalue weighted by Gasteiger charge is 2.26. The van der Waals surface area contributed by atoms with Gasteiger partial charge in [-0.3, -0.25) is 0 Å². The quantitative estimate of drug-likeness (QED) is 0.137. The van der Waals surface area contributed by atoms with E-state index < -0.39 is 0 Å². The number of benzene rings is 3. The first-order valence-corrected chi connectivity index (χ1v) is 16.3. The van der Waals surface area contributed by atoms with E-state index in [1.807, 2.05) is 0 Å². The minimum absolute atomic E-state index is 0.566. The number of aromatic nitrogens is 3. The van der Waals surface area contributed by atoms with Gasteiger partial charge >= 0.3 is 0 Å². The maximum atomic E-state index is 6.94. The third kappa shape index (κ3) is 5.37. The van der Waals surface area contributed by atoms with Crippen molar-refractivity contribution in [2.75, 3.05) is 41.7 Å². The minimum Gasteiger partial charge on any atom is -0.396 e. The summed E-state index contributed by atoms with van der Waals surface area (Å²) in [5.41, 5.74) is 18.9. The third-order valence-corrected chi connectivity index (χ3v) is 9.29. The van der Waals surface area contributed by atoms with E-state index in [9.17, 15) is 0 Å². The molecule has 8 heteroatoms. The van der Waals surface area contributed by atoms with Gasteiger partial charge in [-0.15, -0.1) is 0 Å². The van der Waals surface area contributed by atoms with Crippen LogP contribution in [0.5, 0.6) is 0 Å². The van der Waals surface area contributed by atoms with Crippen molar-refractivity contribution in [1.29, 1.82) is 0 Å². The number of nitrogens with one attached hydrogen (secondary N) is 1. The van der Waals surface area contributed by atoms with Crippen molar-refractivity contribution in [1.82, 2.24) is 15.4 Å². The smallest absolute Gasteiger partial charge is 0.123 e. The topological polar surface area (TPSA) is 86.4 Å². The van der Waals surface area contributed by atoms with Gasteiger partial charge in [-0.25, -0.2) is 0 Å². The summed E-state index contributed by atoms with van der Waals surface area (Å²) >= 11 is 5.37. The highest BCUT2D eigenvalue weighted by molar-refractivity contribution is 7.47. The molecule has 7 nitrogen and oxygen atoms in total. The predicted molar refractivity (Wildman–Crippen MR) is 179 cm³/mol. The number of hydrogen-bond donors (Lipinski definition) is 2. The van der Waals surface area contributed by atoms with Gasteiger partial charge in [0, 0.05) is 61.1 Å². The summed E-state index contributed by atoms with van der Waals surface area (Å²) in [6.45, 7) is 8.98. The normalized spacial score (nSPS) is 14.7. The highest BCUT2D eigenvalue weighted by Crippen LogP contribution is 2.48. The summed E-state index contributed by atoms with van der Waals surface area (Å²) < 4.78 is 4.34. The van der Waals surface area contributed by atoms with Gasteiger partial charge in [0.15, 0.2) is 0 Å². The molecule has 2 aliphatic heterocycles. The molecule has 0 fully saturated rings. The molecule has 42 heavy (non-hydrogen) atoms. The molecule has 0 saturated heterocycles. The summed E-state index contributed by atoms with van der Waals surface area (Å²) in [6, 6.07) is 13.5. The molecule has 0 atom stereocenters. The van der Waals surface area contributed by atoms with E-state index in [1.165, 1.54) is 61.0 Å². The van der Waals surface area contributed by atoms with E-state index in [-0.39, 0.29) is 0 Å². The van der Waals surface area contributed by atoms with Crippen molar-refractivity contribution in [3.05, 3.63) is 47.5 Å². The number of H-pyrrole nitrogens is 1. The largest absolute Gasteiger partial charge is 0.396 e. The van der Waals surface area contributed by atoms with Crippen LogP contribution in [0.25, 0.3) is 33.3 Å². The van der Waals surface area contributed by atoms with Crippen molar-refractivity contribution in [2.45, 2.75) is 78.1 Å². The van der Waals surface area contributed by atoms with Gasteiger partial charge in [-0.1, -0.05) is 51.7 Å². The molecule has 220 valence electrons. The van der Waals surface area contributed by atoms with Gasteiger partial charge in [0.1, 0.15) is 16.7 Å². The Morgan fingerprint density at radius 1 is 0.786 bits per heavy atom. The summed E-state index contributed by atoms with van der Waals surface area (Å²) in [5, 5.41) is 12.1. The molecule has 0 unspecified atom stereocenters. The summed E-state index contributed by atoms with van der Waals surface area (Å²) in [5.74, 6) is 0. The number of nitrogens with zero attached hydrogens (tertiary/aromatic N) is 5. The van der Waals surface area contributed by atoms with Gasteiger partial charge in [0.2, 0.25) is 0 Å². The molecule has 4 aromatic rings. The van der Waals surface area contributed by atoms with E-state index in [0.29, 0.717) is 11.4 Å². The van der Waals surface area contributed by atoms with E-state index in [0.717, 1.165) is 85.1 Å². The van der Waals surface area contributed by atoms with Crippen LogP contribution in [-0.4, -0.2) is 41.6 Å². The molecule has 6 rings (SSSR count). The first-order valence-electron chi connectivity index (χ1n) is 15.9. The number of nitrogens with two attached hydrogens (primary N) is 1. The lowest BCUT2D eigenvalue weighted by atomic mass is 9.90. The maximum Gasteiger partial charge on any atom is 0.123 e. The zero-order valence-corrected chi connectivity index (χ0v) is 25.9. The number of hydrogen-bond acceptors (Lipinski definition) is 7. The van der Waals surface area contributed by atoms with Gasteiger partial charge in [-0.05, 0) is 85.0 Å². The molecule has 0 saturated carbocycles. The molecule has 0 bridgehead atoms. The van der Waals surface area contributed by atoms with Crippen molar-refractivity contribution in [3.8, 4) is 22.3 Å². The number of aryl methyl sites for hydroxylation is 2. The number of fused-ring (bicyclic) bond motifs is 3. The molecule has 3 heterocycles. The van der Waals surface area contributed by atoms with Crippen LogP contribution >= 0.6 is 0 Å². The van der Waals surface area contributed by atoms with Gasteiger partial charge in [-0.2, -0.15) is 19.8 Å². The Kier molecular flexibility index (Phi) is 8.70. The zero-order chi connectivity index (χ0) is 29.1. The number of anilines is 3. The lowest BCUT2D eigenvalue weighted by Crippen LogP contribution is -2.30. The predicted octanol–water partition coefficient (Wildman–Crippen LogP) is 8.12. The fourth-order valence-electron chi connectivity index (χ4n) is 6.96. The van der Waals surface area contributed by atoms with Crippen LogP contribution in [0, 0.1) is 0 Å². The number of aromatic amines is 1. The van der Waals surface area contributed by atoms with Crippen LogP contribution in [-0.2, 0) is 25.3 Å². The Balaban J connectivity index is 1.40. The van der Waals surface area contributed by atoms with Crippen LogP contribution in [0.4, 0.5) is 22.7 Å². The van der Waals surface area contributed by atoms with Crippen molar-refractivity contribution >= 4 is 46.2 Å². The molecular formula is C34H43N7S. The Morgan fingerprint density at radius 3 is 1.83 bits per heavy atom. The van der Waals surface area contributed by atoms with Crippen LogP contribution < -0.4 is 15.5 Å². The summed E-state index contributed by atoms with van der Waals surface area (Å²) in [4.78, 5) is 5.09. The Bertz CT molecular complexity index is 1580. The van der Waals surface area contributed by atoms with Crippen LogP contribution in [0.15, 0.2) is 40.8 Å². The van der Waals surface area contributed by atoms with Gasteiger partial charge in [0.05, 0.1) is 5.69 Å². The lowest BCUT2D eigenvalue weighted by Gasteiger charge is -2.32. The van der Waals surface area contributed by atoms with Crippen LogP contribution in [0.2, 0.25) is 0 Å². The van der Waals surface area contributed by atoms with Gasteiger partial charge < -0.3 is 15.5 Å². The molecule has 1 aromatic heterocycles. The molecule has 0 spiro atoms. The summed E-state index contributed by atoms with van der Waals surface area (Å²) in [7, 11) is 0. The maximum absolute atomic E-state index is 6.94. The molecule has 0 radical (unpaired) electrons. The van der Waals surface area contributed by atoms with Crippen LogP contribution in [0.1, 0.15) is 76.3 Å². The second-order valence-corrected chi connectivity index (χ2v) is 12.1. The average molecular weight is 582 g/mol. The monoisotopic (exact) mass is 581 g/mol. The molecule has 0 aliphatic carbocycles. The van der Waals surface area contributed by atoms with Crippen molar-refractivity contribution < 1.29 is 0 Å². The Hall–Kier alpha value is -3.52. The second kappa shape index (κ2) is 12.8. The highest BCUT2D eigenvalue weighted by atomic mass is 32.1. The van der Waals surface area contributed by atoms with E-state index in [4.69, 9.17) is 18.2 Å². The standard InChI is InChI=1S/C34H43N7S/c1-3-5-7-17-40-19-9-11-23-21-25(13-15-27(23)40)29-31(35)32(38-42)30(34-33(29)36-39-37-34)26-14-16-28-24(22-26)12-10-20-41(28)18-8-6-4-2/h13-16,21-22H,3-12,17-20,35H2,1-2H3,(H,36,37,39). The van der Waals surface area contributed by atoms with Gasteiger partial charge in [0.25, 0.3) is 0 Å². The van der Waals surface area contributed by atoms with E-state index in [2.05, 4.69) is 79.8 Å². The SMILES string of the molecule is CCCCCN1CCCc2cc(-c3c(N)c(N=S)c(-c4ccc5c(c4)CCCN5CCCCC)c4n[nH]nc34)ccc21. The fourth-order valence-corrected chi connectivity index (χ4v) is 7.15. The number of rotatable bonds is 11. The Labute approximate surface area is 255 Å². The molecule has 2 aliphatic rings. The minimum atomic E-state index is 0.566. The second-order valence-electron chi connectivity index (χ2n) is 11.9. The van der Waals surface area contributed by atoms with Crippen molar-refractivity contribution in [3.63, 3.8) is 0 Å². The molecule has 0 amide bonds. The van der Waals surface area contributed by atoms with E-state index in [1.54, 1.807) is 0 Å². The first kappa shape index (κ1) is 28.6. The molecule has 3 aromatic carbocycles. The number of unbranched alkanes of at least 4 members (excludes halogenated alkanes) is 4. The molecular weight excluding hydrogens is 538 g/mol. The van der Waals surface area contributed by atoms with Crippen LogP contribution in [0.3, 0.4) is 0 Å². The number of nitrogen functional groups attached to an aromatic ring is 1. The average Bonchev–Trinajstić information content (AvgIpc) is 3.49. The lowest BCUT2D eigenvalue weighted by molar-refractivity contribution is 0.638. The fraction of sp³-hybridized carbons (Fsp3) is 0.471. The van der Waals surface area contributed by atoms with E-state index >= 15 is 0 Å². The Morgan fingerprint density at radius 2 is 1.31 bits per heavy atom. The summed E-state index contributed by atoms with van der Waals surface area (Å²) in [6.07, 6.45) is 11.9. The first-order chi connectivity index (χ1) is 20.6. The zero-order valence-electron chi connectivity index (χ0n) is 25.1. The molecule has 3 N–H and O–H groups in total. The van der Waals surface area contributed by atoms with Crippen molar-refractivity contribution in [2.24, 2.45) is 4.36 Å².